The summed E-state index contributed by atoms with van der Waals surface area (Å²) in [6.45, 7) is 0. The van der Waals surface area contributed by atoms with Crippen LogP contribution in [-0.4, -0.2) is 0 Å². The lowest BCUT2D eigenvalue weighted by atomic mass is 10.0. The van der Waals surface area contributed by atoms with Crippen LogP contribution in [0.4, 0.5) is 17.6 Å². The predicted octanol–water partition coefficient (Wildman–Crippen LogP) is 6.47. The molecule has 0 radical (unpaired) electrons. The summed E-state index contributed by atoms with van der Waals surface area (Å²) in [5.74, 6) is -1.36. The van der Waals surface area contributed by atoms with Gasteiger partial charge in [-0.1, -0.05) is 40.9 Å². The van der Waals surface area contributed by atoms with Crippen LogP contribution in [0.3, 0.4) is 0 Å². The van der Waals surface area contributed by atoms with Gasteiger partial charge in [0.05, 0.1) is 20.6 Å². The Morgan fingerprint density at radius 3 is 1.80 bits per heavy atom. The van der Waals surface area contributed by atoms with Crippen LogP contribution in [0.25, 0.3) is 11.1 Å². The zero-order valence-corrected chi connectivity index (χ0v) is 11.8. The molecule has 0 aliphatic heterocycles. The molecule has 0 aromatic heterocycles. The van der Waals surface area contributed by atoms with Gasteiger partial charge in [0.2, 0.25) is 0 Å². The Kier molecular flexibility index (Phi) is 4.19. The zero-order valence-electron chi connectivity index (χ0n) is 9.53. The number of hydrogen-bond donors (Lipinski definition) is 0. The van der Waals surface area contributed by atoms with Gasteiger partial charge in [-0.15, -0.1) is 0 Å². The van der Waals surface area contributed by atoms with Gasteiger partial charge in [0.1, 0.15) is 5.82 Å². The molecule has 0 N–H and O–H groups in total. The first-order valence-electron chi connectivity index (χ1n) is 5.22. The average molecular weight is 344 g/mol. The molecule has 0 aliphatic carbocycles. The van der Waals surface area contributed by atoms with Crippen molar-refractivity contribution in [1.29, 1.82) is 0 Å². The highest BCUT2D eigenvalue weighted by Crippen LogP contribution is 2.37. The Labute approximate surface area is 126 Å². The number of alkyl halides is 3. The van der Waals surface area contributed by atoms with Gasteiger partial charge >= 0.3 is 6.18 Å². The highest BCUT2D eigenvalue weighted by atomic mass is 35.5. The monoisotopic (exact) mass is 342 g/mol. The number of hydrogen-bond acceptors (Lipinski definition) is 0. The molecule has 0 heterocycles. The zero-order chi connectivity index (χ0) is 15.1. The van der Waals surface area contributed by atoms with Crippen LogP contribution in [0.1, 0.15) is 5.56 Å². The van der Waals surface area contributed by atoms with Crippen LogP contribution in [0.5, 0.6) is 0 Å². The lowest BCUT2D eigenvalue weighted by Crippen LogP contribution is -2.07. The van der Waals surface area contributed by atoms with Crippen LogP contribution in [0.15, 0.2) is 30.3 Å². The molecule has 0 saturated carbocycles. The second-order valence-corrected chi connectivity index (χ2v) is 5.14. The third kappa shape index (κ3) is 3.03. The van der Waals surface area contributed by atoms with Crippen molar-refractivity contribution in [3.63, 3.8) is 0 Å². The largest absolute Gasteiger partial charge is 0.419 e. The third-order valence-corrected chi connectivity index (χ3v) is 3.79. The van der Waals surface area contributed by atoms with Crippen LogP contribution in [0.2, 0.25) is 15.1 Å². The standard InChI is InChI=1S/C13H5Cl3F4/c14-9-3-7(4-10(15)12(9)16)6-1-2-8(11(17)5-6)13(18,19)20/h1-5H. The normalized spacial score (nSPS) is 11.8. The molecule has 106 valence electrons. The van der Waals surface area contributed by atoms with Crippen LogP contribution in [-0.2, 0) is 6.18 Å². The van der Waals surface area contributed by atoms with Crippen molar-refractivity contribution in [2.45, 2.75) is 6.18 Å². The molecule has 0 saturated heterocycles. The molecule has 0 amide bonds. The molecular formula is C13H5Cl3F4. The van der Waals surface area contributed by atoms with E-state index >= 15 is 0 Å². The molecule has 2 aromatic carbocycles. The molecule has 20 heavy (non-hydrogen) atoms. The minimum absolute atomic E-state index is 0.129. The Bertz CT molecular complexity index is 642. The number of halogens is 7. The van der Waals surface area contributed by atoms with E-state index in [0.29, 0.717) is 11.6 Å². The minimum atomic E-state index is -4.74. The first-order chi connectivity index (χ1) is 9.20. The average Bonchev–Trinajstić information content (AvgIpc) is 2.33. The smallest absolute Gasteiger partial charge is 0.206 e. The van der Waals surface area contributed by atoms with Crippen LogP contribution in [0, 0.1) is 5.82 Å². The van der Waals surface area contributed by atoms with E-state index in [-0.39, 0.29) is 20.6 Å². The van der Waals surface area contributed by atoms with Gasteiger partial charge < -0.3 is 0 Å². The van der Waals surface area contributed by atoms with E-state index in [4.69, 9.17) is 34.8 Å². The highest BCUT2D eigenvalue weighted by Gasteiger charge is 2.33. The van der Waals surface area contributed by atoms with Gasteiger partial charge in [-0.3, -0.25) is 0 Å². The molecule has 0 bridgehead atoms. The first kappa shape index (κ1) is 15.4. The molecule has 0 spiro atoms. The van der Waals surface area contributed by atoms with Gasteiger partial charge in [-0.05, 0) is 35.4 Å². The van der Waals surface area contributed by atoms with E-state index in [9.17, 15) is 17.6 Å². The summed E-state index contributed by atoms with van der Waals surface area (Å²) in [7, 11) is 0. The SMILES string of the molecule is Fc1cc(-c2cc(Cl)c(Cl)c(Cl)c2)ccc1C(F)(F)F. The minimum Gasteiger partial charge on any atom is -0.206 e. The van der Waals surface area contributed by atoms with Gasteiger partial charge in [0.25, 0.3) is 0 Å². The fourth-order valence-electron chi connectivity index (χ4n) is 1.65. The fraction of sp³-hybridized carbons (Fsp3) is 0.0769. The maximum atomic E-state index is 13.5. The summed E-state index contributed by atoms with van der Waals surface area (Å²) in [4.78, 5) is 0. The van der Waals surface area contributed by atoms with Crippen molar-refractivity contribution in [1.82, 2.24) is 0 Å². The topological polar surface area (TPSA) is 0 Å². The molecule has 2 aromatic rings. The van der Waals surface area contributed by atoms with Crippen LogP contribution < -0.4 is 0 Å². The van der Waals surface area contributed by atoms with E-state index in [0.717, 1.165) is 12.1 Å². The van der Waals surface area contributed by atoms with Gasteiger partial charge in [-0.2, -0.15) is 13.2 Å². The first-order valence-corrected chi connectivity index (χ1v) is 6.35. The fourth-order valence-corrected chi connectivity index (χ4v) is 2.24. The van der Waals surface area contributed by atoms with Crippen molar-refractivity contribution in [2.24, 2.45) is 0 Å². The Morgan fingerprint density at radius 1 is 0.800 bits per heavy atom. The molecule has 0 nitrogen and oxygen atoms in total. The molecule has 0 unspecified atom stereocenters. The predicted molar refractivity (Wildman–Crippen MR) is 71.9 cm³/mol. The maximum absolute atomic E-state index is 13.5. The summed E-state index contributed by atoms with van der Waals surface area (Å²) in [6.07, 6.45) is -4.74. The summed E-state index contributed by atoms with van der Waals surface area (Å²) in [5.41, 5.74) is -0.736. The van der Waals surface area contributed by atoms with Crippen LogP contribution >= 0.6 is 34.8 Å². The quantitative estimate of drug-likeness (QED) is 0.411. The molecular weight excluding hydrogens is 338 g/mol. The third-order valence-electron chi connectivity index (χ3n) is 2.59. The van der Waals surface area contributed by atoms with Gasteiger partial charge in [0, 0.05) is 0 Å². The van der Waals surface area contributed by atoms with Crippen molar-refractivity contribution in [3.8, 4) is 11.1 Å². The maximum Gasteiger partial charge on any atom is 0.419 e. The van der Waals surface area contributed by atoms with Gasteiger partial charge in [-0.25, -0.2) is 4.39 Å². The molecule has 0 fully saturated rings. The Balaban J connectivity index is 2.53. The van der Waals surface area contributed by atoms with E-state index in [1.54, 1.807) is 0 Å². The molecule has 2 rings (SSSR count). The Hall–Kier alpha value is -0.970. The summed E-state index contributed by atoms with van der Waals surface area (Å²) >= 11 is 17.4. The highest BCUT2D eigenvalue weighted by molar-refractivity contribution is 6.48. The summed E-state index contributed by atoms with van der Waals surface area (Å²) in [6, 6.07) is 5.39. The van der Waals surface area contributed by atoms with Gasteiger partial charge in [0.15, 0.2) is 0 Å². The lowest BCUT2D eigenvalue weighted by molar-refractivity contribution is -0.139. The summed E-state index contributed by atoms with van der Waals surface area (Å²) in [5, 5.41) is 0.397. The number of benzene rings is 2. The summed E-state index contributed by atoms with van der Waals surface area (Å²) < 4.78 is 50.9. The lowest BCUT2D eigenvalue weighted by Gasteiger charge is -2.10. The molecule has 0 aliphatic rings. The van der Waals surface area contributed by atoms with E-state index in [1.807, 2.05) is 0 Å². The van der Waals surface area contributed by atoms with Crippen molar-refractivity contribution < 1.29 is 17.6 Å². The van der Waals surface area contributed by atoms with E-state index in [1.165, 1.54) is 12.1 Å². The van der Waals surface area contributed by atoms with Crippen molar-refractivity contribution in [3.05, 3.63) is 56.8 Å². The van der Waals surface area contributed by atoms with Crippen molar-refractivity contribution in [2.75, 3.05) is 0 Å². The number of rotatable bonds is 1. The van der Waals surface area contributed by atoms with E-state index < -0.39 is 17.6 Å². The molecule has 7 heteroatoms. The second kappa shape index (κ2) is 5.43. The Morgan fingerprint density at radius 2 is 1.35 bits per heavy atom. The van der Waals surface area contributed by atoms with E-state index in [2.05, 4.69) is 0 Å². The van der Waals surface area contributed by atoms with Crippen molar-refractivity contribution >= 4 is 34.8 Å². The second-order valence-electron chi connectivity index (χ2n) is 3.95. The molecule has 0 atom stereocenters.